The summed E-state index contributed by atoms with van der Waals surface area (Å²) in [4.78, 5) is 18.2. The lowest BCUT2D eigenvalue weighted by Crippen LogP contribution is -2.54. The van der Waals surface area contributed by atoms with E-state index < -0.39 is 0 Å². The van der Waals surface area contributed by atoms with Crippen LogP contribution in [0.1, 0.15) is 52.7 Å². The molecule has 0 aliphatic carbocycles. The van der Waals surface area contributed by atoms with E-state index >= 15 is 0 Å². The van der Waals surface area contributed by atoms with Crippen LogP contribution in [0.2, 0.25) is 0 Å². The number of nitrogens with zero attached hydrogens (tertiary/aromatic N) is 2. The summed E-state index contributed by atoms with van der Waals surface area (Å²) in [5, 5.41) is 9.88. The summed E-state index contributed by atoms with van der Waals surface area (Å²) in [6.07, 6.45) is 4.49. The Kier molecular flexibility index (Phi) is 6.55. The third-order valence-electron chi connectivity index (χ3n) is 6.75. The van der Waals surface area contributed by atoms with Crippen molar-refractivity contribution in [1.82, 2.24) is 9.80 Å². The summed E-state index contributed by atoms with van der Waals surface area (Å²) in [7, 11) is 0. The highest BCUT2D eigenvalue weighted by Gasteiger charge is 2.35. The van der Waals surface area contributed by atoms with E-state index in [0.29, 0.717) is 6.04 Å². The number of hydrogen-bond acceptors (Lipinski definition) is 3. The molecule has 2 heterocycles. The largest absolute Gasteiger partial charge is 0.393 e. The van der Waals surface area contributed by atoms with Crippen LogP contribution in [0.5, 0.6) is 0 Å². The molecule has 160 valence electrons. The molecule has 0 saturated carbocycles. The number of carbonyl (C=O) groups is 1. The molecule has 0 unspecified atom stereocenters. The van der Waals surface area contributed by atoms with Crippen molar-refractivity contribution in [2.24, 2.45) is 0 Å². The highest BCUT2D eigenvalue weighted by Crippen LogP contribution is 2.28. The van der Waals surface area contributed by atoms with Crippen LogP contribution in [0.15, 0.2) is 48.5 Å². The van der Waals surface area contributed by atoms with Crippen LogP contribution in [-0.2, 0) is 6.42 Å². The predicted molar refractivity (Wildman–Crippen MR) is 121 cm³/mol. The zero-order chi connectivity index (χ0) is 21.1. The van der Waals surface area contributed by atoms with Crippen LogP contribution in [0, 0.1) is 13.8 Å². The summed E-state index contributed by atoms with van der Waals surface area (Å²) in [6, 6.07) is 17.4. The highest BCUT2D eigenvalue weighted by molar-refractivity contribution is 5.95. The average Bonchev–Trinajstić information content (AvgIpc) is 2.74. The number of amides is 1. The van der Waals surface area contributed by atoms with E-state index in [9.17, 15) is 9.90 Å². The molecule has 4 nitrogen and oxygen atoms in total. The first-order valence-electron chi connectivity index (χ1n) is 11.3. The highest BCUT2D eigenvalue weighted by atomic mass is 16.3. The Morgan fingerprint density at radius 2 is 1.63 bits per heavy atom. The van der Waals surface area contributed by atoms with Gasteiger partial charge in [0.15, 0.2) is 0 Å². The first kappa shape index (κ1) is 21.1. The van der Waals surface area contributed by atoms with Crippen molar-refractivity contribution in [3.05, 3.63) is 70.8 Å². The number of aliphatic hydroxyl groups is 1. The molecular weight excluding hydrogens is 372 g/mol. The Balaban J connectivity index is 1.54. The number of likely N-dealkylation sites (tertiary alicyclic amines) is 2. The van der Waals surface area contributed by atoms with Gasteiger partial charge in [0.05, 0.1) is 6.10 Å². The van der Waals surface area contributed by atoms with Gasteiger partial charge in [0.2, 0.25) is 0 Å². The van der Waals surface area contributed by atoms with Gasteiger partial charge in [0, 0.05) is 37.3 Å². The molecule has 2 atom stereocenters. The first-order chi connectivity index (χ1) is 14.5. The fourth-order valence-electron chi connectivity index (χ4n) is 5.22. The Labute approximate surface area is 180 Å². The van der Waals surface area contributed by atoms with Crippen molar-refractivity contribution in [3.8, 4) is 0 Å². The second-order valence-electron chi connectivity index (χ2n) is 9.16. The van der Waals surface area contributed by atoms with Gasteiger partial charge in [-0.15, -0.1) is 0 Å². The molecule has 4 heteroatoms. The minimum Gasteiger partial charge on any atom is -0.393 e. The standard InChI is InChI=1S/C26H34N2O2/c1-19-14-20(2)16-22(15-19)26(30)28-13-8-23(27-11-9-25(29)10-12-27)18-24(28)17-21-6-4-3-5-7-21/h3-7,14-16,23-25,29H,8-13,17-18H2,1-2H3/t23-,24+/m1/s1. The maximum Gasteiger partial charge on any atom is 0.254 e. The molecule has 2 aliphatic heterocycles. The van der Waals surface area contributed by atoms with E-state index in [4.69, 9.17) is 0 Å². The van der Waals surface area contributed by atoms with Gasteiger partial charge in [-0.05, 0) is 63.6 Å². The summed E-state index contributed by atoms with van der Waals surface area (Å²) >= 11 is 0. The monoisotopic (exact) mass is 406 g/mol. The number of aliphatic hydroxyl groups excluding tert-OH is 1. The molecule has 0 radical (unpaired) electrons. The molecule has 2 aliphatic rings. The molecule has 0 aromatic heterocycles. The number of benzene rings is 2. The smallest absolute Gasteiger partial charge is 0.254 e. The topological polar surface area (TPSA) is 43.8 Å². The Bertz CT molecular complexity index is 838. The van der Waals surface area contributed by atoms with E-state index in [2.05, 4.69) is 54.0 Å². The van der Waals surface area contributed by atoms with Gasteiger partial charge in [-0.25, -0.2) is 0 Å². The van der Waals surface area contributed by atoms with Crippen molar-refractivity contribution in [2.75, 3.05) is 19.6 Å². The summed E-state index contributed by atoms with van der Waals surface area (Å²) in [6.45, 7) is 6.85. The van der Waals surface area contributed by atoms with Crippen LogP contribution in [0.4, 0.5) is 0 Å². The molecule has 1 N–H and O–H groups in total. The predicted octanol–water partition coefficient (Wildman–Crippen LogP) is 3.98. The van der Waals surface area contributed by atoms with Crippen LogP contribution < -0.4 is 0 Å². The molecular formula is C26H34N2O2. The Hall–Kier alpha value is -2.17. The van der Waals surface area contributed by atoms with E-state index in [1.54, 1.807) is 0 Å². The SMILES string of the molecule is Cc1cc(C)cc(C(=O)N2CC[C@@H](N3CCC(O)CC3)C[C@@H]2Cc2ccccc2)c1. The van der Waals surface area contributed by atoms with Crippen molar-refractivity contribution in [2.45, 2.75) is 64.1 Å². The number of hydrogen-bond donors (Lipinski definition) is 1. The Morgan fingerprint density at radius 3 is 2.30 bits per heavy atom. The second-order valence-corrected chi connectivity index (χ2v) is 9.16. The molecule has 0 spiro atoms. The summed E-state index contributed by atoms with van der Waals surface area (Å²) in [5.74, 6) is 0.162. The lowest BCUT2D eigenvalue weighted by atomic mass is 9.89. The maximum absolute atomic E-state index is 13.5. The van der Waals surface area contributed by atoms with E-state index in [-0.39, 0.29) is 18.1 Å². The molecule has 4 rings (SSSR count). The number of piperidine rings is 2. The van der Waals surface area contributed by atoms with Gasteiger partial charge < -0.3 is 14.9 Å². The lowest BCUT2D eigenvalue weighted by Gasteiger charge is -2.45. The van der Waals surface area contributed by atoms with E-state index in [1.807, 2.05) is 18.2 Å². The fraction of sp³-hybridized carbons (Fsp3) is 0.500. The van der Waals surface area contributed by atoms with Crippen LogP contribution >= 0.6 is 0 Å². The minimum absolute atomic E-state index is 0.146. The van der Waals surface area contributed by atoms with Crippen molar-refractivity contribution >= 4 is 5.91 Å². The van der Waals surface area contributed by atoms with Gasteiger partial charge >= 0.3 is 0 Å². The fourth-order valence-corrected chi connectivity index (χ4v) is 5.22. The van der Waals surface area contributed by atoms with Crippen molar-refractivity contribution < 1.29 is 9.90 Å². The molecule has 2 saturated heterocycles. The van der Waals surface area contributed by atoms with Gasteiger partial charge in [0.1, 0.15) is 0 Å². The number of carbonyl (C=O) groups excluding carboxylic acids is 1. The Morgan fingerprint density at radius 1 is 0.967 bits per heavy atom. The molecule has 1 amide bonds. The van der Waals surface area contributed by atoms with Gasteiger partial charge in [0.25, 0.3) is 5.91 Å². The molecule has 2 aromatic carbocycles. The quantitative estimate of drug-likeness (QED) is 0.835. The third-order valence-corrected chi connectivity index (χ3v) is 6.75. The number of rotatable bonds is 4. The molecule has 2 aromatic rings. The first-order valence-corrected chi connectivity index (χ1v) is 11.3. The summed E-state index contributed by atoms with van der Waals surface area (Å²) < 4.78 is 0. The average molecular weight is 407 g/mol. The van der Waals surface area contributed by atoms with Gasteiger partial charge in [-0.3, -0.25) is 4.79 Å². The third kappa shape index (κ3) is 4.93. The lowest BCUT2D eigenvalue weighted by molar-refractivity contribution is 0.0204. The zero-order valence-corrected chi connectivity index (χ0v) is 18.3. The van der Waals surface area contributed by atoms with E-state index in [0.717, 1.165) is 68.4 Å². The van der Waals surface area contributed by atoms with Crippen LogP contribution in [0.25, 0.3) is 0 Å². The maximum atomic E-state index is 13.5. The second kappa shape index (κ2) is 9.32. The minimum atomic E-state index is -0.146. The van der Waals surface area contributed by atoms with Gasteiger partial charge in [-0.1, -0.05) is 47.5 Å². The normalized spacial score (nSPS) is 23.5. The molecule has 0 bridgehead atoms. The summed E-state index contributed by atoms with van der Waals surface area (Å²) in [5.41, 5.74) is 4.37. The van der Waals surface area contributed by atoms with Crippen molar-refractivity contribution in [1.29, 1.82) is 0 Å². The van der Waals surface area contributed by atoms with Crippen LogP contribution in [0.3, 0.4) is 0 Å². The van der Waals surface area contributed by atoms with Crippen LogP contribution in [-0.4, -0.2) is 58.6 Å². The molecule has 30 heavy (non-hydrogen) atoms. The van der Waals surface area contributed by atoms with Crippen molar-refractivity contribution in [3.63, 3.8) is 0 Å². The van der Waals surface area contributed by atoms with E-state index in [1.165, 1.54) is 5.56 Å². The zero-order valence-electron chi connectivity index (χ0n) is 18.3. The molecule has 2 fully saturated rings. The van der Waals surface area contributed by atoms with Gasteiger partial charge in [-0.2, -0.15) is 0 Å². The number of aryl methyl sites for hydroxylation is 2.